The number of carboxylic acid groups (broad SMARTS) is 1. The summed E-state index contributed by atoms with van der Waals surface area (Å²) in [7, 11) is 2.07. The second-order valence-corrected chi connectivity index (χ2v) is 5.65. The number of rotatable bonds is 8. The maximum Gasteiger partial charge on any atom is 0.344 e. The van der Waals surface area contributed by atoms with Crippen LogP contribution in [0.5, 0.6) is 5.75 Å². The average molecular weight is 317 g/mol. The van der Waals surface area contributed by atoms with Gasteiger partial charge in [-0.15, -0.1) is 0 Å². The number of hydrogen-bond acceptors (Lipinski definition) is 4. The lowest BCUT2D eigenvalue weighted by molar-refractivity contribution is -0.144. The Morgan fingerprint density at radius 1 is 1.39 bits per heavy atom. The molecule has 2 rings (SSSR count). The SMILES string of the molecule is Cc1nccn1CCN(C)Cc1ccc(O[C@@H](C)C(=O)O)cc1. The van der Waals surface area contributed by atoms with Gasteiger partial charge in [0, 0.05) is 32.0 Å². The molecule has 23 heavy (non-hydrogen) atoms. The van der Waals surface area contributed by atoms with Crippen molar-refractivity contribution in [3.63, 3.8) is 0 Å². The minimum atomic E-state index is -0.969. The number of aryl methyl sites for hydroxylation is 1. The molecule has 124 valence electrons. The van der Waals surface area contributed by atoms with Crippen LogP contribution in [0.1, 0.15) is 18.3 Å². The molecule has 0 bridgehead atoms. The molecular formula is C17H23N3O3. The summed E-state index contributed by atoms with van der Waals surface area (Å²) in [5, 5.41) is 8.84. The molecule has 0 amide bonds. The van der Waals surface area contributed by atoms with Crippen molar-refractivity contribution in [2.24, 2.45) is 0 Å². The van der Waals surface area contributed by atoms with E-state index in [0.717, 1.165) is 31.0 Å². The highest BCUT2D eigenvalue weighted by molar-refractivity contribution is 5.72. The number of nitrogens with zero attached hydrogens (tertiary/aromatic N) is 3. The van der Waals surface area contributed by atoms with E-state index in [4.69, 9.17) is 9.84 Å². The van der Waals surface area contributed by atoms with Crippen LogP contribution in [0.3, 0.4) is 0 Å². The van der Waals surface area contributed by atoms with Crippen LogP contribution in [-0.4, -0.2) is 45.2 Å². The number of imidazole rings is 1. The smallest absolute Gasteiger partial charge is 0.344 e. The van der Waals surface area contributed by atoms with Gasteiger partial charge in [-0.2, -0.15) is 0 Å². The zero-order valence-electron chi connectivity index (χ0n) is 13.8. The van der Waals surface area contributed by atoms with Crippen molar-refractivity contribution in [1.29, 1.82) is 0 Å². The Balaban J connectivity index is 1.83. The first-order valence-electron chi connectivity index (χ1n) is 7.60. The Labute approximate surface area is 136 Å². The van der Waals surface area contributed by atoms with Gasteiger partial charge in [0.25, 0.3) is 0 Å². The summed E-state index contributed by atoms with van der Waals surface area (Å²) in [5.74, 6) is 0.622. The Kier molecular flexibility index (Phi) is 5.76. The lowest BCUT2D eigenvalue weighted by Crippen LogP contribution is -2.23. The Morgan fingerprint density at radius 3 is 2.65 bits per heavy atom. The van der Waals surface area contributed by atoms with E-state index in [1.54, 1.807) is 0 Å². The normalized spacial score (nSPS) is 12.3. The van der Waals surface area contributed by atoms with Crippen LogP contribution in [0.25, 0.3) is 0 Å². The summed E-state index contributed by atoms with van der Waals surface area (Å²) in [6.07, 6.45) is 2.95. The van der Waals surface area contributed by atoms with Gasteiger partial charge < -0.3 is 19.3 Å². The minimum Gasteiger partial charge on any atom is -0.479 e. The third kappa shape index (κ3) is 5.10. The first-order chi connectivity index (χ1) is 11.0. The van der Waals surface area contributed by atoms with Crippen LogP contribution < -0.4 is 4.74 Å². The maximum atomic E-state index is 10.8. The van der Waals surface area contributed by atoms with Gasteiger partial charge in [0.2, 0.25) is 0 Å². The third-order valence-electron chi connectivity index (χ3n) is 3.68. The number of aliphatic carboxylic acids is 1. The molecule has 1 aromatic carbocycles. The van der Waals surface area contributed by atoms with Crippen LogP contribution in [-0.2, 0) is 17.9 Å². The summed E-state index contributed by atoms with van der Waals surface area (Å²) in [4.78, 5) is 17.2. The van der Waals surface area contributed by atoms with E-state index in [0.29, 0.717) is 5.75 Å². The van der Waals surface area contributed by atoms with Crippen LogP contribution >= 0.6 is 0 Å². The molecule has 0 spiro atoms. The molecule has 0 aliphatic carbocycles. The summed E-state index contributed by atoms with van der Waals surface area (Å²) in [6, 6.07) is 7.54. The second-order valence-electron chi connectivity index (χ2n) is 5.65. The number of aromatic nitrogens is 2. The van der Waals surface area contributed by atoms with Crippen molar-refractivity contribution in [2.45, 2.75) is 33.0 Å². The van der Waals surface area contributed by atoms with Gasteiger partial charge in [-0.25, -0.2) is 9.78 Å². The summed E-state index contributed by atoms with van der Waals surface area (Å²) in [5.41, 5.74) is 1.16. The van der Waals surface area contributed by atoms with Gasteiger partial charge in [0.05, 0.1) is 0 Å². The fourth-order valence-corrected chi connectivity index (χ4v) is 2.24. The van der Waals surface area contributed by atoms with Gasteiger partial charge in [-0.05, 0) is 38.6 Å². The fraction of sp³-hybridized carbons (Fsp3) is 0.412. The van der Waals surface area contributed by atoms with Crippen LogP contribution in [0.4, 0.5) is 0 Å². The van der Waals surface area contributed by atoms with Crippen molar-refractivity contribution in [1.82, 2.24) is 14.5 Å². The molecule has 1 atom stereocenters. The molecule has 1 heterocycles. The molecule has 1 N–H and O–H groups in total. The quantitative estimate of drug-likeness (QED) is 0.808. The Bertz CT molecular complexity index is 637. The Hall–Kier alpha value is -2.34. The van der Waals surface area contributed by atoms with Gasteiger partial charge in [-0.3, -0.25) is 0 Å². The van der Waals surface area contributed by atoms with E-state index in [-0.39, 0.29) is 0 Å². The summed E-state index contributed by atoms with van der Waals surface area (Å²) in [6.45, 7) is 6.16. The number of benzene rings is 1. The predicted octanol–water partition coefficient (Wildman–Crippen LogP) is 2.18. The molecule has 0 aliphatic rings. The number of ether oxygens (including phenoxy) is 1. The number of hydrogen-bond donors (Lipinski definition) is 1. The lowest BCUT2D eigenvalue weighted by Gasteiger charge is -2.18. The van der Waals surface area contributed by atoms with Crippen molar-refractivity contribution in [3.8, 4) is 5.75 Å². The van der Waals surface area contributed by atoms with Crippen molar-refractivity contribution < 1.29 is 14.6 Å². The van der Waals surface area contributed by atoms with E-state index in [2.05, 4.69) is 21.5 Å². The summed E-state index contributed by atoms with van der Waals surface area (Å²) < 4.78 is 7.45. The zero-order chi connectivity index (χ0) is 16.8. The molecule has 0 aliphatic heterocycles. The molecule has 6 heteroatoms. The summed E-state index contributed by atoms with van der Waals surface area (Å²) >= 11 is 0. The Morgan fingerprint density at radius 2 is 2.09 bits per heavy atom. The monoisotopic (exact) mass is 317 g/mol. The van der Waals surface area contributed by atoms with Crippen molar-refractivity contribution in [2.75, 3.05) is 13.6 Å². The molecule has 0 saturated carbocycles. The molecule has 1 aromatic heterocycles. The number of carbonyl (C=O) groups is 1. The standard InChI is InChI=1S/C17H23N3O3/c1-13(17(21)22)23-16-6-4-15(5-7-16)12-19(3)10-11-20-9-8-18-14(20)2/h4-9,13H,10-12H2,1-3H3,(H,21,22)/t13-/m0/s1. The highest BCUT2D eigenvalue weighted by Crippen LogP contribution is 2.15. The second kappa shape index (κ2) is 7.78. The highest BCUT2D eigenvalue weighted by Gasteiger charge is 2.12. The molecule has 0 fully saturated rings. The van der Waals surface area contributed by atoms with Crippen molar-refractivity contribution >= 4 is 5.97 Å². The first-order valence-corrected chi connectivity index (χ1v) is 7.60. The van der Waals surface area contributed by atoms with Gasteiger partial charge in [0.15, 0.2) is 6.10 Å². The fourth-order valence-electron chi connectivity index (χ4n) is 2.24. The van der Waals surface area contributed by atoms with E-state index in [1.807, 2.05) is 43.6 Å². The maximum absolute atomic E-state index is 10.8. The highest BCUT2D eigenvalue weighted by atomic mass is 16.5. The average Bonchev–Trinajstić information content (AvgIpc) is 2.92. The third-order valence-corrected chi connectivity index (χ3v) is 3.68. The van der Waals surface area contributed by atoms with Gasteiger partial charge in [0.1, 0.15) is 11.6 Å². The van der Waals surface area contributed by atoms with Gasteiger partial charge in [-0.1, -0.05) is 12.1 Å². The molecular weight excluding hydrogens is 294 g/mol. The lowest BCUT2D eigenvalue weighted by atomic mass is 10.2. The van der Waals surface area contributed by atoms with E-state index >= 15 is 0 Å². The largest absolute Gasteiger partial charge is 0.479 e. The van der Waals surface area contributed by atoms with Crippen LogP contribution in [0.15, 0.2) is 36.7 Å². The van der Waals surface area contributed by atoms with Crippen LogP contribution in [0, 0.1) is 6.92 Å². The zero-order valence-corrected chi connectivity index (χ0v) is 13.8. The molecule has 0 unspecified atom stereocenters. The first kappa shape index (κ1) is 17.0. The number of carboxylic acids is 1. The molecule has 2 aromatic rings. The van der Waals surface area contributed by atoms with Crippen molar-refractivity contribution in [3.05, 3.63) is 48.0 Å². The van der Waals surface area contributed by atoms with E-state index < -0.39 is 12.1 Å². The molecule has 0 radical (unpaired) electrons. The van der Waals surface area contributed by atoms with Gasteiger partial charge >= 0.3 is 5.97 Å². The van der Waals surface area contributed by atoms with E-state index in [1.165, 1.54) is 6.92 Å². The minimum absolute atomic E-state index is 0.570. The molecule has 6 nitrogen and oxygen atoms in total. The van der Waals surface area contributed by atoms with E-state index in [9.17, 15) is 4.79 Å². The molecule has 0 saturated heterocycles. The predicted molar refractivity (Wildman–Crippen MR) is 87.5 cm³/mol. The topological polar surface area (TPSA) is 67.6 Å². The van der Waals surface area contributed by atoms with Crippen LogP contribution in [0.2, 0.25) is 0 Å². The number of likely N-dealkylation sites (N-methyl/N-ethyl adjacent to an activating group) is 1.